The molecule has 0 aromatic heterocycles. The highest BCUT2D eigenvalue weighted by Gasteiger charge is 2.18. The molecule has 2 aromatic carbocycles. The third-order valence-electron chi connectivity index (χ3n) is 5.22. The first-order valence-corrected chi connectivity index (χ1v) is 11.3. The number of nitrogens with one attached hydrogen (secondary N) is 1. The van der Waals surface area contributed by atoms with Gasteiger partial charge >= 0.3 is 0 Å². The van der Waals surface area contributed by atoms with Crippen molar-refractivity contribution in [2.45, 2.75) is 13.3 Å². The van der Waals surface area contributed by atoms with Crippen molar-refractivity contribution >= 4 is 27.5 Å². The average Bonchev–Trinajstić information content (AvgIpc) is 2.78. The van der Waals surface area contributed by atoms with Crippen LogP contribution in [0.4, 0.5) is 10.1 Å². The molecule has 8 heteroatoms. The average molecular weight is 494 g/mol. The van der Waals surface area contributed by atoms with Gasteiger partial charge in [0.05, 0.1) is 18.2 Å². The van der Waals surface area contributed by atoms with E-state index in [1.165, 1.54) is 12.1 Å². The molecule has 1 heterocycles. The van der Waals surface area contributed by atoms with E-state index in [-0.39, 0.29) is 11.7 Å². The lowest BCUT2D eigenvalue weighted by Gasteiger charge is -2.36. The number of methoxy groups -OCH3 is 1. The normalized spacial score (nSPS) is 14.4. The highest BCUT2D eigenvalue weighted by Crippen LogP contribution is 2.36. The van der Waals surface area contributed by atoms with E-state index in [1.807, 2.05) is 19.1 Å². The van der Waals surface area contributed by atoms with Crippen LogP contribution in [-0.4, -0.2) is 63.8 Å². The second-order valence-electron chi connectivity index (χ2n) is 7.40. The Hall–Kier alpha value is -2.32. The molecule has 0 bridgehead atoms. The number of halogens is 2. The van der Waals surface area contributed by atoms with Crippen LogP contribution >= 0.6 is 15.9 Å². The van der Waals surface area contributed by atoms with Crippen LogP contribution in [0, 0.1) is 5.82 Å². The third-order valence-corrected chi connectivity index (χ3v) is 5.81. The summed E-state index contributed by atoms with van der Waals surface area (Å²) in [6.07, 6.45) is 0.885. The predicted octanol–water partition coefficient (Wildman–Crippen LogP) is 3.94. The van der Waals surface area contributed by atoms with Crippen LogP contribution in [0.15, 0.2) is 40.9 Å². The summed E-state index contributed by atoms with van der Waals surface area (Å²) < 4.78 is 24.9. The van der Waals surface area contributed by atoms with Crippen molar-refractivity contribution < 1.29 is 18.7 Å². The quantitative estimate of drug-likeness (QED) is 0.573. The zero-order chi connectivity index (χ0) is 22.2. The minimum Gasteiger partial charge on any atom is -0.493 e. The van der Waals surface area contributed by atoms with Crippen LogP contribution in [0.5, 0.6) is 11.5 Å². The number of rotatable bonds is 9. The van der Waals surface area contributed by atoms with Crippen LogP contribution in [0.25, 0.3) is 0 Å². The number of carbonyl (C=O) groups is 1. The first-order chi connectivity index (χ1) is 15.0. The van der Waals surface area contributed by atoms with Gasteiger partial charge < -0.3 is 19.7 Å². The van der Waals surface area contributed by atoms with Crippen molar-refractivity contribution in [1.29, 1.82) is 0 Å². The molecular formula is C23H29BrFN3O3. The highest BCUT2D eigenvalue weighted by molar-refractivity contribution is 9.10. The molecule has 0 unspecified atom stereocenters. The number of piperazine rings is 1. The molecule has 3 rings (SSSR count). The third kappa shape index (κ3) is 6.33. The Morgan fingerprint density at radius 3 is 2.52 bits per heavy atom. The fourth-order valence-corrected chi connectivity index (χ4v) is 4.06. The van der Waals surface area contributed by atoms with Gasteiger partial charge in [-0.15, -0.1) is 0 Å². The van der Waals surface area contributed by atoms with E-state index in [0.717, 1.165) is 44.8 Å². The topological polar surface area (TPSA) is 54.0 Å². The van der Waals surface area contributed by atoms with Gasteiger partial charge in [0, 0.05) is 50.5 Å². The molecular weight excluding hydrogens is 465 g/mol. The molecule has 1 aliphatic heterocycles. The minimum atomic E-state index is -0.217. The van der Waals surface area contributed by atoms with Crippen LogP contribution in [0.3, 0.4) is 0 Å². The molecule has 1 fully saturated rings. The first kappa shape index (κ1) is 23.3. The molecule has 0 atom stereocenters. The van der Waals surface area contributed by atoms with Crippen molar-refractivity contribution in [2.24, 2.45) is 0 Å². The maximum Gasteiger partial charge on any atom is 0.251 e. The van der Waals surface area contributed by atoms with Gasteiger partial charge in [-0.25, -0.2) is 4.39 Å². The zero-order valence-corrected chi connectivity index (χ0v) is 19.6. The van der Waals surface area contributed by atoms with Crippen molar-refractivity contribution in [3.8, 4) is 11.5 Å². The monoisotopic (exact) mass is 493 g/mol. The van der Waals surface area contributed by atoms with Gasteiger partial charge in [-0.1, -0.05) is 6.92 Å². The van der Waals surface area contributed by atoms with Crippen molar-refractivity contribution in [1.82, 2.24) is 10.2 Å². The van der Waals surface area contributed by atoms with Crippen LogP contribution in [0.2, 0.25) is 0 Å². The molecule has 0 aliphatic carbocycles. The molecule has 1 amide bonds. The summed E-state index contributed by atoms with van der Waals surface area (Å²) in [6.45, 7) is 7.50. The standard InChI is InChI=1S/C23H29BrFN3O3/c1-3-14-31-22-20(24)15-17(16-21(22)30-2)23(29)26-8-9-27-10-12-28(13-11-27)19-6-4-18(25)5-7-19/h4-7,15-16H,3,8-14H2,1-2H3,(H,26,29). The number of carbonyl (C=O) groups excluding carboxylic acids is 1. The second kappa shape index (κ2) is 11.3. The van der Waals surface area contributed by atoms with Gasteiger partial charge in [0.1, 0.15) is 5.82 Å². The van der Waals surface area contributed by atoms with Gasteiger partial charge in [-0.2, -0.15) is 0 Å². The lowest BCUT2D eigenvalue weighted by Crippen LogP contribution is -2.48. The van der Waals surface area contributed by atoms with Gasteiger partial charge in [0.25, 0.3) is 5.91 Å². The summed E-state index contributed by atoms with van der Waals surface area (Å²) in [4.78, 5) is 17.2. The van der Waals surface area contributed by atoms with Gasteiger partial charge in [-0.05, 0) is 58.7 Å². The molecule has 0 radical (unpaired) electrons. The summed E-state index contributed by atoms with van der Waals surface area (Å²) in [5.41, 5.74) is 1.56. The number of ether oxygens (including phenoxy) is 2. The maximum absolute atomic E-state index is 13.1. The molecule has 0 saturated carbocycles. The Kier molecular flexibility index (Phi) is 8.54. The fourth-order valence-electron chi connectivity index (χ4n) is 3.51. The fraction of sp³-hybridized carbons (Fsp3) is 0.435. The molecule has 1 aliphatic rings. The molecule has 0 spiro atoms. The minimum absolute atomic E-state index is 0.147. The summed E-state index contributed by atoms with van der Waals surface area (Å²) in [5, 5.41) is 2.98. The molecule has 31 heavy (non-hydrogen) atoms. The largest absolute Gasteiger partial charge is 0.493 e. The predicted molar refractivity (Wildman–Crippen MR) is 124 cm³/mol. The van der Waals surface area contributed by atoms with Crippen molar-refractivity contribution in [2.75, 3.05) is 57.9 Å². The van der Waals surface area contributed by atoms with E-state index in [9.17, 15) is 9.18 Å². The summed E-state index contributed by atoms with van der Waals surface area (Å²) in [6, 6.07) is 10.1. The molecule has 6 nitrogen and oxygen atoms in total. The lowest BCUT2D eigenvalue weighted by molar-refractivity contribution is 0.0947. The van der Waals surface area contributed by atoms with E-state index in [1.54, 1.807) is 19.2 Å². The van der Waals surface area contributed by atoms with E-state index < -0.39 is 0 Å². The Balaban J connectivity index is 1.47. The Labute approximate surface area is 191 Å². The van der Waals surface area contributed by atoms with E-state index in [0.29, 0.717) is 34.7 Å². The Morgan fingerprint density at radius 2 is 1.87 bits per heavy atom. The Morgan fingerprint density at radius 1 is 1.16 bits per heavy atom. The Bertz CT molecular complexity index is 871. The van der Waals surface area contributed by atoms with Gasteiger partial charge in [0.2, 0.25) is 0 Å². The smallest absolute Gasteiger partial charge is 0.251 e. The molecule has 168 valence electrons. The number of hydrogen-bond acceptors (Lipinski definition) is 5. The summed E-state index contributed by atoms with van der Waals surface area (Å²) in [7, 11) is 1.56. The van der Waals surface area contributed by atoms with E-state index in [2.05, 4.69) is 31.0 Å². The van der Waals surface area contributed by atoms with Crippen molar-refractivity contribution in [3.63, 3.8) is 0 Å². The van der Waals surface area contributed by atoms with E-state index in [4.69, 9.17) is 9.47 Å². The van der Waals surface area contributed by atoms with Crippen LogP contribution in [-0.2, 0) is 0 Å². The van der Waals surface area contributed by atoms with Crippen molar-refractivity contribution in [3.05, 3.63) is 52.3 Å². The number of benzene rings is 2. The molecule has 1 N–H and O–H groups in total. The molecule has 1 saturated heterocycles. The second-order valence-corrected chi connectivity index (χ2v) is 8.25. The van der Waals surface area contributed by atoms with Gasteiger partial charge in [0.15, 0.2) is 11.5 Å². The lowest BCUT2D eigenvalue weighted by atomic mass is 10.2. The summed E-state index contributed by atoms with van der Waals surface area (Å²) in [5.74, 6) is 0.779. The first-order valence-electron chi connectivity index (χ1n) is 10.5. The SMILES string of the molecule is CCCOc1c(Br)cc(C(=O)NCCN2CCN(c3ccc(F)cc3)CC2)cc1OC. The van der Waals surface area contributed by atoms with Crippen LogP contribution < -0.4 is 19.7 Å². The number of hydrogen-bond donors (Lipinski definition) is 1. The van der Waals surface area contributed by atoms with Crippen LogP contribution in [0.1, 0.15) is 23.7 Å². The number of nitrogens with zero attached hydrogens (tertiary/aromatic N) is 2. The number of amides is 1. The van der Waals surface area contributed by atoms with Gasteiger partial charge in [-0.3, -0.25) is 9.69 Å². The number of anilines is 1. The zero-order valence-electron chi connectivity index (χ0n) is 18.0. The maximum atomic E-state index is 13.1. The van der Waals surface area contributed by atoms with E-state index >= 15 is 0 Å². The molecule has 2 aromatic rings. The summed E-state index contributed by atoms with van der Waals surface area (Å²) >= 11 is 3.48. The highest BCUT2D eigenvalue weighted by atomic mass is 79.9.